The second kappa shape index (κ2) is 14.2. The molecule has 0 aliphatic carbocycles. The third kappa shape index (κ3) is 9.80. The standard InChI is InChI=1S/C27H25F6N3O2.C7H8O3S/c1-16-5-4-6-17(13-16)22-14-21(35-25(2,3)18-7-12-23(34-15-18)26(28,29)30)24(37)36(22)19-8-10-20(11-9-19)38-27(31,32)33;1-6-2-4-7(5-3-6)11(8,9)10/h4-13,15,21-22,35H,14H2,1-3H3;2-5H,1H3,(H,8,9,10)/t21-,22-;/m1./s1. The lowest BCUT2D eigenvalue weighted by atomic mass is 9.93. The van der Waals surface area contributed by atoms with Gasteiger partial charge in [0.1, 0.15) is 11.4 Å². The Balaban J connectivity index is 0.000000418. The SMILES string of the molecule is Cc1ccc(S(=O)(=O)O)cc1.Cc1cccc([C@H]2C[C@@H](NC(C)(C)c3ccc(C(F)(F)F)nc3)C(=O)N2c2ccc(OC(F)(F)F)cc2)c1. The van der Waals surface area contributed by atoms with Crippen molar-refractivity contribution in [2.45, 2.75) is 69.2 Å². The second-order valence-corrected chi connectivity index (χ2v) is 13.4. The number of aryl methyl sites for hydroxylation is 2. The number of benzene rings is 3. The van der Waals surface area contributed by atoms with Crippen LogP contribution in [0.15, 0.2) is 96.0 Å². The van der Waals surface area contributed by atoms with Crippen LogP contribution in [0.3, 0.4) is 0 Å². The van der Waals surface area contributed by atoms with Crippen molar-refractivity contribution < 1.29 is 48.8 Å². The highest BCUT2D eigenvalue weighted by Crippen LogP contribution is 2.40. The molecule has 4 aromatic rings. The van der Waals surface area contributed by atoms with Gasteiger partial charge in [0.2, 0.25) is 5.91 Å². The molecule has 1 amide bonds. The summed E-state index contributed by atoms with van der Waals surface area (Å²) in [4.78, 5) is 18.6. The van der Waals surface area contributed by atoms with E-state index in [2.05, 4.69) is 15.0 Å². The number of alkyl halides is 6. The first-order chi connectivity index (χ1) is 22.6. The summed E-state index contributed by atoms with van der Waals surface area (Å²) in [7, 11) is -4.02. The average Bonchev–Trinajstić information content (AvgIpc) is 3.31. The van der Waals surface area contributed by atoms with Gasteiger partial charge in [-0.1, -0.05) is 53.6 Å². The smallest absolute Gasteiger partial charge is 0.406 e. The number of nitrogens with one attached hydrogen (secondary N) is 1. The molecule has 0 saturated carbocycles. The molecule has 1 aliphatic rings. The fourth-order valence-corrected chi connectivity index (χ4v) is 5.79. The maximum absolute atomic E-state index is 13.7. The number of nitrogens with zero attached hydrogens (tertiary/aromatic N) is 2. The van der Waals surface area contributed by atoms with Crippen molar-refractivity contribution in [2.24, 2.45) is 0 Å². The van der Waals surface area contributed by atoms with Crippen LogP contribution in [-0.2, 0) is 26.6 Å². The Bertz CT molecular complexity index is 1860. The Morgan fingerprint density at radius 2 is 1.51 bits per heavy atom. The quantitative estimate of drug-likeness (QED) is 0.148. The van der Waals surface area contributed by atoms with Crippen molar-refractivity contribution in [2.75, 3.05) is 4.90 Å². The Morgan fingerprint density at radius 3 is 2.02 bits per heavy atom. The Hall–Kier alpha value is -4.47. The van der Waals surface area contributed by atoms with Crippen molar-refractivity contribution in [1.82, 2.24) is 10.3 Å². The summed E-state index contributed by atoms with van der Waals surface area (Å²) in [6, 6.07) is 19.6. The largest absolute Gasteiger partial charge is 0.573 e. The first kappa shape index (κ1) is 37.4. The number of ether oxygens (including phenoxy) is 1. The minimum atomic E-state index is -4.84. The van der Waals surface area contributed by atoms with E-state index >= 15 is 0 Å². The number of pyridine rings is 1. The van der Waals surface area contributed by atoms with Crippen LogP contribution in [0, 0.1) is 13.8 Å². The zero-order valence-electron chi connectivity index (χ0n) is 26.7. The molecule has 2 N–H and O–H groups in total. The highest BCUT2D eigenvalue weighted by atomic mass is 32.2. The lowest BCUT2D eigenvalue weighted by molar-refractivity contribution is -0.274. The molecular weight excluding hydrogens is 676 g/mol. The van der Waals surface area contributed by atoms with Gasteiger partial charge in [0, 0.05) is 17.4 Å². The summed E-state index contributed by atoms with van der Waals surface area (Å²) in [5.74, 6) is -0.737. The molecular formula is C34H33F6N3O5S. The zero-order valence-corrected chi connectivity index (χ0v) is 27.5. The maximum Gasteiger partial charge on any atom is 0.573 e. The molecule has 1 aliphatic heterocycles. The third-order valence-corrected chi connectivity index (χ3v) is 8.58. The van der Waals surface area contributed by atoms with Gasteiger partial charge in [-0.15, -0.1) is 13.2 Å². The summed E-state index contributed by atoms with van der Waals surface area (Å²) in [5, 5.41) is 3.25. The number of aromatic nitrogens is 1. The number of halogens is 6. The molecule has 0 spiro atoms. The Morgan fingerprint density at radius 1 is 0.878 bits per heavy atom. The van der Waals surface area contributed by atoms with Crippen molar-refractivity contribution in [3.8, 4) is 5.75 Å². The molecule has 0 radical (unpaired) electrons. The molecule has 1 saturated heterocycles. The lowest BCUT2D eigenvalue weighted by Crippen LogP contribution is -2.47. The van der Waals surface area contributed by atoms with E-state index in [1.54, 1.807) is 26.0 Å². The molecule has 2 heterocycles. The number of anilines is 1. The fraction of sp³-hybridized carbons (Fsp3) is 0.294. The molecule has 1 fully saturated rings. The predicted octanol–water partition coefficient (Wildman–Crippen LogP) is 7.92. The van der Waals surface area contributed by atoms with Crippen LogP contribution in [0.5, 0.6) is 5.75 Å². The van der Waals surface area contributed by atoms with E-state index in [0.29, 0.717) is 17.7 Å². The average molecular weight is 710 g/mol. The molecule has 49 heavy (non-hydrogen) atoms. The van der Waals surface area contributed by atoms with Gasteiger partial charge >= 0.3 is 12.5 Å². The van der Waals surface area contributed by atoms with E-state index in [1.165, 1.54) is 35.2 Å². The molecule has 262 valence electrons. The summed E-state index contributed by atoms with van der Waals surface area (Å²) in [5.41, 5.74) is 1.67. The van der Waals surface area contributed by atoms with Crippen molar-refractivity contribution in [3.05, 3.63) is 119 Å². The summed E-state index contributed by atoms with van der Waals surface area (Å²) >= 11 is 0. The van der Waals surface area contributed by atoms with Gasteiger partial charge in [-0.2, -0.15) is 21.6 Å². The van der Waals surface area contributed by atoms with Gasteiger partial charge in [0.25, 0.3) is 10.1 Å². The number of amides is 1. The van der Waals surface area contributed by atoms with E-state index < -0.39 is 51.7 Å². The first-order valence-electron chi connectivity index (χ1n) is 14.7. The van der Waals surface area contributed by atoms with E-state index in [1.807, 2.05) is 38.1 Å². The topological polar surface area (TPSA) is 109 Å². The Kier molecular flexibility index (Phi) is 10.8. The van der Waals surface area contributed by atoms with Gasteiger partial charge in [-0.25, -0.2) is 0 Å². The van der Waals surface area contributed by atoms with Crippen LogP contribution in [-0.4, -0.2) is 36.3 Å². The second-order valence-electron chi connectivity index (χ2n) is 12.0. The summed E-state index contributed by atoms with van der Waals surface area (Å²) in [6.07, 6.45) is -7.96. The Labute approximate surface area is 279 Å². The van der Waals surface area contributed by atoms with E-state index in [4.69, 9.17) is 4.55 Å². The van der Waals surface area contributed by atoms with Crippen LogP contribution >= 0.6 is 0 Å². The van der Waals surface area contributed by atoms with Crippen LogP contribution < -0.4 is 15.0 Å². The molecule has 8 nitrogen and oxygen atoms in total. The van der Waals surface area contributed by atoms with E-state index in [-0.39, 0.29) is 10.8 Å². The van der Waals surface area contributed by atoms with E-state index in [9.17, 15) is 39.6 Å². The molecule has 1 aromatic heterocycles. The van der Waals surface area contributed by atoms with Crippen LogP contribution in [0.1, 0.15) is 54.3 Å². The molecule has 0 unspecified atom stereocenters. The highest BCUT2D eigenvalue weighted by molar-refractivity contribution is 7.85. The number of hydrogen-bond acceptors (Lipinski definition) is 6. The molecule has 3 aromatic carbocycles. The summed E-state index contributed by atoms with van der Waals surface area (Å²) in [6.45, 7) is 7.22. The van der Waals surface area contributed by atoms with Gasteiger partial charge in [-0.05, 0) is 87.7 Å². The lowest BCUT2D eigenvalue weighted by Gasteiger charge is -2.30. The van der Waals surface area contributed by atoms with Crippen LogP contribution in [0.2, 0.25) is 0 Å². The van der Waals surface area contributed by atoms with Gasteiger partial charge in [0.15, 0.2) is 0 Å². The van der Waals surface area contributed by atoms with Gasteiger partial charge in [0.05, 0.1) is 17.0 Å². The van der Waals surface area contributed by atoms with Gasteiger partial charge in [-0.3, -0.25) is 19.6 Å². The van der Waals surface area contributed by atoms with Crippen molar-refractivity contribution in [3.63, 3.8) is 0 Å². The van der Waals surface area contributed by atoms with Crippen molar-refractivity contribution in [1.29, 1.82) is 0 Å². The predicted molar refractivity (Wildman–Crippen MR) is 169 cm³/mol. The number of rotatable bonds is 7. The number of hydrogen-bond donors (Lipinski definition) is 2. The monoisotopic (exact) mass is 709 g/mol. The number of carbonyl (C=O) groups is 1. The van der Waals surface area contributed by atoms with Crippen LogP contribution in [0.4, 0.5) is 32.0 Å². The summed E-state index contributed by atoms with van der Waals surface area (Å²) < 4.78 is 110. The molecule has 5 rings (SSSR count). The zero-order chi connectivity index (χ0) is 36.4. The maximum atomic E-state index is 13.7. The minimum absolute atomic E-state index is 0.0666. The molecule has 2 atom stereocenters. The third-order valence-electron chi connectivity index (χ3n) is 7.71. The molecule has 0 bridgehead atoms. The fourth-order valence-electron chi connectivity index (χ4n) is 5.31. The number of carbonyl (C=O) groups excluding carboxylic acids is 1. The minimum Gasteiger partial charge on any atom is -0.406 e. The first-order valence-corrected chi connectivity index (χ1v) is 16.2. The van der Waals surface area contributed by atoms with E-state index in [0.717, 1.165) is 41.1 Å². The highest BCUT2D eigenvalue weighted by Gasteiger charge is 2.44. The normalized spacial score (nSPS) is 17.0. The molecule has 15 heteroatoms. The van der Waals surface area contributed by atoms with Gasteiger partial charge < -0.3 is 9.64 Å². The van der Waals surface area contributed by atoms with Crippen LogP contribution in [0.25, 0.3) is 0 Å². The van der Waals surface area contributed by atoms with Crippen molar-refractivity contribution >= 4 is 21.7 Å².